The quantitative estimate of drug-likeness (QED) is 0.788. The van der Waals surface area contributed by atoms with Crippen molar-refractivity contribution >= 4 is 16.8 Å². The van der Waals surface area contributed by atoms with Gasteiger partial charge in [0, 0.05) is 19.6 Å². The highest BCUT2D eigenvalue weighted by Crippen LogP contribution is 2.25. The number of para-hydroxylation sites is 1. The van der Waals surface area contributed by atoms with Crippen LogP contribution >= 0.6 is 0 Å². The Morgan fingerprint density at radius 3 is 3.12 bits per heavy atom. The van der Waals surface area contributed by atoms with Gasteiger partial charge in [0.1, 0.15) is 0 Å². The number of rotatable bonds is 1. The summed E-state index contributed by atoms with van der Waals surface area (Å²) in [4.78, 5) is 2.30. The van der Waals surface area contributed by atoms with Gasteiger partial charge >= 0.3 is 0 Å². The third-order valence-corrected chi connectivity index (χ3v) is 3.00. The van der Waals surface area contributed by atoms with E-state index in [1.54, 1.807) is 0 Å². The molecular weight excluding hydrogens is 202 g/mol. The Morgan fingerprint density at radius 1 is 1.19 bits per heavy atom. The average Bonchev–Trinajstić information content (AvgIpc) is 2.57. The summed E-state index contributed by atoms with van der Waals surface area (Å²) in [5, 5.41) is 8.69. The zero-order valence-electron chi connectivity index (χ0n) is 9.15. The van der Waals surface area contributed by atoms with Gasteiger partial charge in [-0.1, -0.05) is 17.3 Å². The molecule has 1 saturated heterocycles. The lowest BCUT2D eigenvalue weighted by Gasteiger charge is -2.18. The maximum atomic E-state index is 5.33. The van der Waals surface area contributed by atoms with Gasteiger partial charge in [0.15, 0.2) is 11.4 Å². The molecule has 16 heavy (non-hydrogen) atoms. The topological polar surface area (TPSA) is 41.3 Å². The normalized spacial score (nSPS) is 17.6. The van der Waals surface area contributed by atoms with Crippen molar-refractivity contribution in [3.05, 3.63) is 24.3 Å². The number of nitrogens with zero attached hydrogens (tertiary/aromatic N) is 2. The van der Waals surface area contributed by atoms with E-state index in [2.05, 4.69) is 21.4 Å². The predicted octanol–water partition coefficient (Wildman–Crippen LogP) is 1.63. The Labute approximate surface area is 94.2 Å². The van der Waals surface area contributed by atoms with Crippen LogP contribution in [0.3, 0.4) is 0 Å². The average molecular weight is 217 g/mol. The van der Waals surface area contributed by atoms with Gasteiger partial charge in [0.25, 0.3) is 0 Å². The molecule has 2 heterocycles. The van der Waals surface area contributed by atoms with Crippen LogP contribution < -0.4 is 10.2 Å². The van der Waals surface area contributed by atoms with Gasteiger partial charge in [-0.25, -0.2) is 0 Å². The summed E-state index contributed by atoms with van der Waals surface area (Å²) in [6, 6.07) is 8.03. The zero-order valence-corrected chi connectivity index (χ0v) is 9.15. The van der Waals surface area contributed by atoms with Crippen LogP contribution in [-0.2, 0) is 0 Å². The molecule has 0 aliphatic carbocycles. The fourth-order valence-electron chi connectivity index (χ4n) is 2.16. The molecule has 0 saturated carbocycles. The first-order valence-corrected chi connectivity index (χ1v) is 5.75. The number of anilines is 1. The van der Waals surface area contributed by atoms with Crippen molar-refractivity contribution in [3.63, 3.8) is 0 Å². The molecule has 2 aromatic rings. The Kier molecular flexibility index (Phi) is 2.50. The minimum atomic E-state index is 0.870. The van der Waals surface area contributed by atoms with E-state index < -0.39 is 0 Å². The molecule has 4 heteroatoms. The maximum Gasteiger partial charge on any atom is 0.179 e. The van der Waals surface area contributed by atoms with Crippen molar-refractivity contribution in [1.29, 1.82) is 0 Å². The highest BCUT2D eigenvalue weighted by atomic mass is 16.5. The second kappa shape index (κ2) is 4.14. The summed E-state index contributed by atoms with van der Waals surface area (Å²) in [6.45, 7) is 4.15. The lowest BCUT2D eigenvalue weighted by molar-refractivity contribution is 0.455. The smallest absolute Gasteiger partial charge is 0.179 e. The van der Waals surface area contributed by atoms with Crippen molar-refractivity contribution < 1.29 is 4.52 Å². The van der Waals surface area contributed by atoms with Gasteiger partial charge in [-0.15, -0.1) is 0 Å². The third kappa shape index (κ3) is 1.65. The predicted molar refractivity (Wildman–Crippen MR) is 63.7 cm³/mol. The van der Waals surface area contributed by atoms with Gasteiger partial charge in [0.2, 0.25) is 0 Å². The second-order valence-corrected chi connectivity index (χ2v) is 4.09. The van der Waals surface area contributed by atoms with E-state index in [0.29, 0.717) is 0 Å². The number of aromatic nitrogens is 1. The molecule has 1 aliphatic heterocycles. The van der Waals surface area contributed by atoms with Crippen molar-refractivity contribution in [1.82, 2.24) is 10.5 Å². The summed E-state index contributed by atoms with van der Waals surface area (Å²) in [5.74, 6) is 0.985. The van der Waals surface area contributed by atoms with E-state index in [0.717, 1.165) is 49.4 Å². The summed E-state index contributed by atoms with van der Waals surface area (Å²) in [6.07, 6.45) is 1.15. The molecule has 1 aromatic heterocycles. The number of hydrogen-bond acceptors (Lipinski definition) is 4. The highest BCUT2D eigenvalue weighted by molar-refractivity contribution is 5.88. The lowest BCUT2D eigenvalue weighted by Crippen LogP contribution is -2.28. The maximum absolute atomic E-state index is 5.33. The lowest BCUT2D eigenvalue weighted by atomic mass is 10.2. The van der Waals surface area contributed by atoms with Gasteiger partial charge < -0.3 is 14.7 Å². The van der Waals surface area contributed by atoms with Crippen LogP contribution in [0.2, 0.25) is 0 Å². The first kappa shape index (κ1) is 9.66. The Hall–Kier alpha value is -1.55. The van der Waals surface area contributed by atoms with E-state index in [9.17, 15) is 0 Å². The minimum absolute atomic E-state index is 0.870. The monoisotopic (exact) mass is 217 g/mol. The van der Waals surface area contributed by atoms with E-state index >= 15 is 0 Å². The van der Waals surface area contributed by atoms with Crippen LogP contribution in [0, 0.1) is 0 Å². The summed E-state index contributed by atoms with van der Waals surface area (Å²) < 4.78 is 5.33. The second-order valence-electron chi connectivity index (χ2n) is 4.09. The first-order chi connectivity index (χ1) is 7.95. The minimum Gasteiger partial charge on any atom is -0.354 e. The molecule has 1 fully saturated rings. The fraction of sp³-hybridized carbons (Fsp3) is 0.417. The van der Waals surface area contributed by atoms with E-state index in [4.69, 9.17) is 4.52 Å². The summed E-state index contributed by atoms with van der Waals surface area (Å²) >= 11 is 0. The van der Waals surface area contributed by atoms with Crippen LogP contribution in [0.25, 0.3) is 11.0 Å². The molecule has 1 aliphatic rings. The third-order valence-electron chi connectivity index (χ3n) is 3.00. The molecule has 0 bridgehead atoms. The van der Waals surface area contributed by atoms with E-state index in [1.165, 1.54) is 0 Å². The molecule has 0 radical (unpaired) electrons. The Balaban J connectivity index is 1.97. The molecule has 0 amide bonds. The summed E-state index contributed by atoms with van der Waals surface area (Å²) in [7, 11) is 0. The standard InChI is InChI=1S/C12H15N3O/c1-2-5-11-10(4-1)12(14-16-11)15-8-3-6-13-7-9-15/h1-2,4-5,13H,3,6-9H2. The molecule has 1 aromatic carbocycles. The molecule has 4 nitrogen and oxygen atoms in total. The molecule has 0 spiro atoms. The number of fused-ring (bicyclic) bond motifs is 1. The van der Waals surface area contributed by atoms with Crippen LogP contribution in [-0.4, -0.2) is 31.3 Å². The molecule has 1 N–H and O–H groups in total. The molecule has 0 unspecified atom stereocenters. The van der Waals surface area contributed by atoms with Gasteiger partial charge in [-0.2, -0.15) is 0 Å². The van der Waals surface area contributed by atoms with Crippen molar-refractivity contribution in [2.45, 2.75) is 6.42 Å². The Morgan fingerprint density at radius 2 is 2.12 bits per heavy atom. The van der Waals surface area contributed by atoms with Crippen LogP contribution in [0.1, 0.15) is 6.42 Å². The van der Waals surface area contributed by atoms with Gasteiger partial charge in [-0.05, 0) is 25.1 Å². The molecule has 0 atom stereocenters. The molecular formula is C12H15N3O. The van der Waals surface area contributed by atoms with Gasteiger partial charge in [0.05, 0.1) is 5.39 Å². The van der Waals surface area contributed by atoms with Crippen LogP contribution in [0.5, 0.6) is 0 Å². The number of benzene rings is 1. The zero-order chi connectivity index (χ0) is 10.8. The number of nitrogens with one attached hydrogen (secondary N) is 1. The first-order valence-electron chi connectivity index (χ1n) is 5.75. The summed E-state index contributed by atoms with van der Waals surface area (Å²) in [5.41, 5.74) is 0.870. The van der Waals surface area contributed by atoms with Crippen molar-refractivity contribution in [2.24, 2.45) is 0 Å². The number of hydrogen-bond donors (Lipinski definition) is 1. The SMILES string of the molecule is c1ccc2c(N3CCCNCC3)noc2c1. The van der Waals surface area contributed by atoms with Crippen LogP contribution in [0.15, 0.2) is 28.8 Å². The van der Waals surface area contributed by atoms with Gasteiger partial charge in [-0.3, -0.25) is 0 Å². The van der Waals surface area contributed by atoms with Crippen molar-refractivity contribution in [3.8, 4) is 0 Å². The highest BCUT2D eigenvalue weighted by Gasteiger charge is 2.16. The fourth-order valence-corrected chi connectivity index (χ4v) is 2.16. The largest absolute Gasteiger partial charge is 0.354 e. The molecule has 84 valence electrons. The van der Waals surface area contributed by atoms with Crippen LogP contribution in [0.4, 0.5) is 5.82 Å². The Bertz CT molecular complexity index is 472. The van der Waals surface area contributed by atoms with Crippen molar-refractivity contribution in [2.75, 3.05) is 31.1 Å². The molecule has 3 rings (SSSR count). The van der Waals surface area contributed by atoms with E-state index in [1.807, 2.05) is 18.2 Å². The van der Waals surface area contributed by atoms with E-state index in [-0.39, 0.29) is 0 Å².